The van der Waals surface area contributed by atoms with E-state index < -0.39 is 11.8 Å². The highest BCUT2D eigenvalue weighted by Crippen LogP contribution is 2.25. The maximum Gasteiger partial charge on any atom is 0.305 e. The molecule has 0 heterocycles. The van der Waals surface area contributed by atoms with Gasteiger partial charge in [0.1, 0.15) is 0 Å². The summed E-state index contributed by atoms with van der Waals surface area (Å²) in [6.07, 6.45) is 0.330. The van der Waals surface area contributed by atoms with Crippen molar-refractivity contribution in [3.8, 4) is 0 Å². The molecule has 0 aliphatic heterocycles. The van der Waals surface area contributed by atoms with Crippen LogP contribution in [0.15, 0.2) is 30.3 Å². The summed E-state index contributed by atoms with van der Waals surface area (Å²) < 4.78 is 4.89. The predicted molar refractivity (Wildman–Crippen MR) is 52.4 cm³/mol. The summed E-state index contributed by atoms with van der Waals surface area (Å²) in [5.74, 6) is -1.98. The van der Waals surface area contributed by atoms with Crippen LogP contribution in [0.1, 0.15) is 25.8 Å². The first kappa shape index (κ1) is 10.7. The second kappa shape index (κ2) is 4.24. The lowest BCUT2D eigenvalue weighted by Gasteiger charge is -2.26. The Balaban J connectivity index is 2.95. The quantitative estimate of drug-likeness (QED) is 0.589. The monoisotopic (exact) mass is 194 g/mol. The summed E-state index contributed by atoms with van der Waals surface area (Å²) in [5.41, 5.74) is 0.595. The molecule has 1 aromatic rings. The van der Waals surface area contributed by atoms with E-state index in [1.807, 2.05) is 6.07 Å². The molecule has 0 fully saturated rings. The van der Waals surface area contributed by atoms with Gasteiger partial charge >= 0.3 is 5.97 Å². The van der Waals surface area contributed by atoms with Crippen molar-refractivity contribution in [1.82, 2.24) is 0 Å². The molecule has 1 N–H and O–H groups in total. The summed E-state index contributed by atoms with van der Waals surface area (Å²) in [7, 11) is 0. The van der Waals surface area contributed by atoms with Gasteiger partial charge in [0.05, 0.1) is 0 Å². The lowest BCUT2D eigenvalue weighted by molar-refractivity contribution is -0.214. The number of carbonyl (C=O) groups is 1. The normalized spacial score (nSPS) is 14.5. The Bertz CT molecular complexity index is 308. The number of rotatable bonds is 3. The zero-order valence-electron chi connectivity index (χ0n) is 8.36. The van der Waals surface area contributed by atoms with Crippen LogP contribution in [0, 0.1) is 0 Å². The van der Waals surface area contributed by atoms with Crippen molar-refractivity contribution in [2.45, 2.75) is 26.1 Å². The first-order chi connectivity index (χ1) is 6.58. The molecule has 0 saturated heterocycles. The lowest BCUT2D eigenvalue weighted by Crippen LogP contribution is -2.30. The highest BCUT2D eigenvalue weighted by Gasteiger charge is 2.30. The van der Waals surface area contributed by atoms with Crippen molar-refractivity contribution in [1.29, 1.82) is 0 Å². The van der Waals surface area contributed by atoms with Crippen molar-refractivity contribution in [2.75, 3.05) is 0 Å². The van der Waals surface area contributed by atoms with E-state index >= 15 is 0 Å². The highest BCUT2D eigenvalue weighted by atomic mass is 16.7. The molecule has 0 saturated carbocycles. The van der Waals surface area contributed by atoms with Crippen molar-refractivity contribution in [3.05, 3.63) is 35.9 Å². The van der Waals surface area contributed by atoms with E-state index in [4.69, 9.17) is 4.74 Å². The van der Waals surface area contributed by atoms with Gasteiger partial charge in [0.25, 0.3) is 0 Å². The number of aliphatic hydroxyl groups is 1. The maximum atomic E-state index is 10.8. The van der Waals surface area contributed by atoms with Gasteiger partial charge in [-0.3, -0.25) is 4.79 Å². The lowest BCUT2D eigenvalue weighted by atomic mass is 10.0. The summed E-state index contributed by atoms with van der Waals surface area (Å²) >= 11 is 0. The molecule has 14 heavy (non-hydrogen) atoms. The van der Waals surface area contributed by atoms with Crippen molar-refractivity contribution in [3.63, 3.8) is 0 Å². The Hall–Kier alpha value is -1.35. The van der Waals surface area contributed by atoms with E-state index in [0.29, 0.717) is 12.0 Å². The van der Waals surface area contributed by atoms with E-state index in [-0.39, 0.29) is 0 Å². The Labute approximate surface area is 83.3 Å². The molecule has 1 unspecified atom stereocenters. The van der Waals surface area contributed by atoms with Crippen LogP contribution >= 0.6 is 0 Å². The van der Waals surface area contributed by atoms with Gasteiger partial charge in [-0.05, 0) is 0 Å². The van der Waals surface area contributed by atoms with Crippen molar-refractivity contribution >= 4 is 5.97 Å². The van der Waals surface area contributed by atoms with E-state index in [2.05, 4.69) is 0 Å². The summed E-state index contributed by atoms with van der Waals surface area (Å²) in [6, 6.07) is 8.88. The third kappa shape index (κ3) is 2.33. The van der Waals surface area contributed by atoms with Crippen LogP contribution in [-0.2, 0) is 15.3 Å². The number of benzene rings is 1. The van der Waals surface area contributed by atoms with E-state index in [1.165, 1.54) is 6.92 Å². The topological polar surface area (TPSA) is 46.5 Å². The Morgan fingerprint density at radius 2 is 2.00 bits per heavy atom. The van der Waals surface area contributed by atoms with Crippen LogP contribution in [0.3, 0.4) is 0 Å². The standard InChI is InChI=1S/C11H14O3/c1-3-11(13,14-9(2)12)10-7-5-4-6-8-10/h4-8,13H,3H2,1-2H3. The molecule has 76 valence electrons. The van der Waals surface area contributed by atoms with Crippen molar-refractivity contribution < 1.29 is 14.6 Å². The molecule has 0 spiro atoms. The molecule has 3 nitrogen and oxygen atoms in total. The predicted octanol–water partition coefficient (Wildman–Crippen LogP) is 1.80. The minimum Gasteiger partial charge on any atom is -0.429 e. The van der Waals surface area contributed by atoms with Crippen LogP contribution < -0.4 is 0 Å². The second-order valence-electron chi connectivity index (χ2n) is 3.10. The number of hydrogen-bond acceptors (Lipinski definition) is 3. The van der Waals surface area contributed by atoms with E-state index in [1.54, 1.807) is 31.2 Å². The van der Waals surface area contributed by atoms with Gasteiger partial charge in [-0.2, -0.15) is 0 Å². The largest absolute Gasteiger partial charge is 0.429 e. The molecule has 3 heteroatoms. The first-order valence-electron chi connectivity index (χ1n) is 4.56. The molecule has 0 aromatic heterocycles. The zero-order valence-corrected chi connectivity index (χ0v) is 8.36. The van der Waals surface area contributed by atoms with E-state index in [0.717, 1.165) is 0 Å². The SMILES string of the molecule is CCC(O)(OC(C)=O)c1ccccc1. The van der Waals surface area contributed by atoms with Crippen LogP contribution in [0.5, 0.6) is 0 Å². The van der Waals surface area contributed by atoms with Crippen molar-refractivity contribution in [2.24, 2.45) is 0 Å². The van der Waals surface area contributed by atoms with Gasteiger partial charge in [-0.15, -0.1) is 0 Å². The van der Waals surface area contributed by atoms with Gasteiger partial charge in [-0.25, -0.2) is 0 Å². The number of ether oxygens (including phenoxy) is 1. The molecule has 1 rings (SSSR count). The van der Waals surface area contributed by atoms with Gasteiger partial charge in [0.15, 0.2) is 0 Å². The van der Waals surface area contributed by atoms with Crippen LogP contribution in [0.2, 0.25) is 0 Å². The zero-order chi connectivity index (χ0) is 10.6. The molecular weight excluding hydrogens is 180 g/mol. The molecule has 0 radical (unpaired) electrons. The fraction of sp³-hybridized carbons (Fsp3) is 0.364. The summed E-state index contributed by atoms with van der Waals surface area (Å²) in [6.45, 7) is 3.04. The molecule has 1 aromatic carbocycles. The molecule has 0 aliphatic rings. The van der Waals surface area contributed by atoms with Crippen LogP contribution in [-0.4, -0.2) is 11.1 Å². The van der Waals surface area contributed by atoms with Gasteiger partial charge in [-0.1, -0.05) is 37.3 Å². The molecule has 0 bridgehead atoms. The van der Waals surface area contributed by atoms with E-state index in [9.17, 15) is 9.90 Å². The third-order valence-electron chi connectivity index (χ3n) is 2.02. The van der Waals surface area contributed by atoms with Gasteiger partial charge in [0, 0.05) is 18.9 Å². The fourth-order valence-corrected chi connectivity index (χ4v) is 1.27. The van der Waals surface area contributed by atoms with Gasteiger partial charge < -0.3 is 9.84 Å². The van der Waals surface area contributed by atoms with Crippen LogP contribution in [0.4, 0.5) is 0 Å². The van der Waals surface area contributed by atoms with Crippen LogP contribution in [0.25, 0.3) is 0 Å². The molecule has 0 amide bonds. The highest BCUT2D eigenvalue weighted by molar-refractivity contribution is 5.66. The molecule has 1 atom stereocenters. The molecular formula is C11H14O3. The minimum absolute atomic E-state index is 0.330. The second-order valence-corrected chi connectivity index (χ2v) is 3.10. The number of esters is 1. The Morgan fingerprint density at radius 3 is 2.43 bits per heavy atom. The average molecular weight is 194 g/mol. The Kier molecular flexibility index (Phi) is 3.25. The summed E-state index contributed by atoms with van der Waals surface area (Å²) in [5, 5.41) is 10.0. The summed E-state index contributed by atoms with van der Waals surface area (Å²) in [4.78, 5) is 10.8. The van der Waals surface area contributed by atoms with Gasteiger partial charge in [0.2, 0.25) is 5.79 Å². The average Bonchev–Trinajstić information content (AvgIpc) is 2.18. The third-order valence-corrected chi connectivity index (χ3v) is 2.02. The number of carbonyl (C=O) groups excluding carboxylic acids is 1. The fourth-order valence-electron chi connectivity index (χ4n) is 1.27. The number of hydrogen-bond donors (Lipinski definition) is 1. The minimum atomic E-state index is -1.49. The first-order valence-corrected chi connectivity index (χ1v) is 4.56. The Morgan fingerprint density at radius 1 is 1.43 bits per heavy atom. The maximum absolute atomic E-state index is 10.8. The smallest absolute Gasteiger partial charge is 0.305 e. The molecule has 0 aliphatic carbocycles.